The van der Waals surface area contributed by atoms with Crippen LogP contribution in [0.2, 0.25) is 0 Å². The molecule has 0 unspecified atom stereocenters. The van der Waals surface area contributed by atoms with Crippen LogP contribution in [-0.4, -0.2) is 10.2 Å². The van der Waals surface area contributed by atoms with Gasteiger partial charge in [-0.3, -0.25) is 0 Å². The van der Waals surface area contributed by atoms with Crippen LogP contribution in [0.3, 0.4) is 0 Å². The van der Waals surface area contributed by atoms with Crippen LogP contribution in [0.5, 0.6) is 0 Å². The Bertz CT molecular complexity index is 240. The van der Waals surface area contributed by atoms with E-state index in [1.807, 2.05) is 13.8 Å². The van der Waals surface area contributed by atoms with Crippen molar-refractivity contribution in [2.75, 3.05) is 0 Å². The molecule has 0 aliphatic heterocycles. The van der Waals surface area contributed by atoms with Crippen molar-refractivity contribution in [3.63, 3.8) is 0 Å². The zero-order valence-electron chi connectivity index (χ0n) is 10.3. The van der Waals surface area contributed by atoms with Crippen molar-refractivity contribution in [1.29, 1.82) is 0 Å². The minimum absolute atomic E-state index is 0.963. The normalized spacial score (nSPS) is 7.47. The molecule has 0 amide bonds. The van der Waals surface area contributed by atoms with Gasteiger partial charge in [0.2, 0.25) is 0 Å². The molecule has 2 heteroatoms. The molecular weight excluding hydrogens is 184 g/mol. The van der Waals surface area contributed by atoms with E-state index in [1.54, 1.807) is 24.5 Å². The number of hydrogen-bond donors (Lipinski definition) is 0. The molecule has 0 fully saturated rings. The van der Waals surface area contributed by atoms with Crippen molar-refractivity contribution in [2.45, 2.75) is 34.1 Å². The van der Waals surface area contributed by atoms with Crippen molar-refractivity contribution >= 4 is 12.2 Å². The predicted octanol–water partition coefficient (Wildman–Crippen LogP) is 4.21. The second kappa shape index (κ2) is 12.6. The Morgan fingerprint density at radius 3 is 1.47 bits per heavy atom. The molecule has 0 bridgehead atoms. The van der Waals surface area contributed by atoms with Gasteiger partial charge in [0.05, 0.1) is 12.4 Å². The van der Waals surface area contributed by atoms with Crippen LogP contribution < -0.4 is 0 Å². The van der Waals surface area contributed by atoms with E-state index in [0.717, 1.165) is 11.1 Å². The zero-order chi connectivity index (χ0) is 12.1. The Morgan fingerprint density at radius 1 is 1.00 bits per heavy atom. The van der Waals surface area contributed by atoms with Crippen molar-refractivity contribution in [3.05, 3.63) is 36.7 Å². The Balaban J connectivity index is 0. The Hall–Kier alpha value is -1.44. The molecule has 0 N–H and O–H groups in total. The highest BCUT2D eigenvalue weighted by molar-refractivity contribution is 5.61. The topological polar surface area (TPSA) is 25.8 Å². The molecule has 1 rings (SSSR count). The van der Waals surface area contributed by atoms with Gasteiger partial charge in [-0.1, -0.05) is 59.4 Å². The fourth-order valence-corrected chi connectivity index (χ4v) is 0.681. The van der Waals surface area contributed by atoms with Gasteiger partial charge in [0.15, 0.2) is 0 Å². The summed E-state index contributed by atoms with van der Waals surface area (Å²) in [6.45, 7) is 15.5. The smallest absolute Gasteiger partial charge is 0.0574 e. The van der Waals surface area contributed by atoms with E-state index in [4.69, 9.17) is 0 Å². The van der Waals surface area contributed by atoms with Crippen LogP contribution in [0, 0.1) is 0 Å². The lowest BCUT2D eigenvalue weighted by Gasteiger charge is -1.94. The fourth-order valence-electron chi connectivity index (χ4n) is 0.681. The summed E-state index contributed by atoms with van der Waals surface area (Å²) >= 11 is 0. The van der Waals surface area contributed by atoms with Crippen LogP contribution in [-0.2, 0) is 0 Å². The molecule has 1 aromatic rings. The van der Waals surface area contributed by atoms with Crippen molar-refractivity contribution < 1.29 is 0 Å². The van der Waals surface area contributed by atoms with Crippen molar-refractivity contribution in [2.24, 2.45) is 0 Å². The van der Waals surface area contributed by atoms with E-state index in [9.17, 15) is 0 Å². The number of nitrogens with zero attached hydrogens (tertiary/aromatic N) is 2. The van der Waals surface area contributed by atoms with Crippen LogP contribution in [0.1, 0.15) is 45.2 Å². The molecule has 0 spiro atoms. The van der Waals surface area contributed by atoms with Gasteiger partial charge in [-0.25, -0.2) is 0 Å². The Morgan fingerprint density at radius 2 is 1.27 bits per heavy atom. The molecule has 0 aliphatic rings. The largest absolute Gasteiger partial charge is 0.158 e. The average Bonchev–Trinajstić information content (AvgIpc) is 2.32. The van der Waals surface area contributed by atoms with E-state index >= 15 is 0 Å². The summed E-state index contributed by atoms with van der Waals surface area (Å²) in [5.74, 6) is 0. The van der Waals surface area contributed by atoms with Crippen molar-refractivity contribution in [3.8, 4) is 0 Å². The monoisotopic (exact) mass is 206 g/mol. The molecule has 2 nitrogen and oxygen atoms in total. The first-order valence-electron chi connectivity index (χ1n) is 5.35. The minimum atomic E-state index is 0.963. The molecule has 15 heavy (non-hydrogen) atoms. The van der Waals surface area contributed by atoms with E-state index in [0.29, 0.717) is 0 Å². The lowest BCUT2D eigenvalue weighted by molar-refractivity contribution is 1.02. The molecule has 1 aromatic heterocycles. The van der Waals surface area contributed by atoms with Crippen LogP contribution in [0.4, 0.5) is 0 Å². The third kappa shape index (κ3) is 7.62. The van der Waals surface area contributed by atoms with E-state index in [-0.39, 0.29) is 0 Å². The van der Waals surface area contributed by atoms with E-state index < -0.39 is 0 Å². The number of rotatable bonds is 2. The lowest BCUT2D eigenvalue weighted by Crippen LogP contribution is -1.85. The van der Waals surface area contributed by atoms with Gasteiger partial charge in [0.25, 0.3) is 0 Å². The summed E-state index contributed by atoms with van der Waals surface area (Å²) in [6, 6.07) is 0. The first-order valence-corrected chi connectivity index (χ1v) is 5.35. The lowest BCUT2D eigenvalue weighted by atomic mass is 10.2. The number of aromatic nitrogens is 2. The first-order chi connectivity index (χ1) is 7.29. The SMILES string of the molecule is C=Cc1cnncc1C=C.CC.CCC. The molecule has 0 saturated carbocycles. The Labute approximate surface area is 93.8 Å². The van der Waals surface area contributed by atoms with Crippen LogP contribution in [0.25, 0.3) is 12.2 Å². The fraction of sp³-hybridized carbons (Fsp3) is 0.385. The average molecular weight is 206 g/mol. The van der Waals surface area contributed by atoms with Crippen molar-refractivity contribution in [1.82, 2.24) is 10.2 Å². The maximum atomic E-state index is 3.70. The summed E-state index contributed by atoms with van der Waals surface area (Å²) < 4.78 is 0. The highest BCUT2D eigenvalue weighted by Gasteiger charge is 1.91. The predicted molar refractivity (Wildman–Crippen MR) is 69.5 cm³/mol. The number of hydrogen-bond acceptors (Lipinski definition) is 2. The van der Waals surface area contributed by atoms with Gasteiger partial charge in [-0.2, -0.15) is 10.2 Å². The molecule has 84 valence electrons. The van der Waals surface area contributed by atoms with Gasteiger partial charge in [-0.15, -0.1) is 0 Å². The molecule has 1 heterocycles. The van der Waals surface area contributed by atoms with E-state index in [1.165, 1.54) is 6.42 Å². The summed E-state index contributed by atoms with van der Waals surface area (Å²) in [7, 11) is 0. The molecule has 0 aliphatic carbocycles. The van der Waals surface area contributed by atoms with Crippen LogP contribution in [0.15, 0.2) is 25.6 Å². The standard InChI is InChI=1S/C8H8N2.C3H8.C2H6/c1-3-7-5-9-10-6-8(7)4-2;1-3-2;1-2/h3-6H,1-2H2;3H2,1-2H3;1-2H3. The summed E-state index contributed by atoms with van der Waals surface area (Å²) in [4.78, 5) is 0. The maximum absolute atomic E-state index is 3.70. The van der Waals surface area contributed by atoms with Gasteiger partial charge in [0.1, 0.15) is 0 Å². The third-order valence-corrected chi connectivity index (χ3v) is 1.23. The molecule has 0 saturated heterocycles. The second-order valence-electron chi connectivity index (χ2n) is 2.52. The van der Waals surface area contributed by atoms with Gasteiger partial charge >= 0.3 is 0 Å². The quantitative estimate of drug-likeness (QED) is 0.724. The molecular formula is C13H22N2. The zero-order valence-corrected chi connectivity index (χ0v) is 10.3. The Kier molecular flexibility index (Phi) is 13.4. The highest BCUT2D eigenvalue weighted by atomic mass is 15.1. The molecule has 0 aromatic carbocycles. The molecule has 0 radical (unpaired) electrons. The first kappa shape index (κ1) is 16.0. The maximum Gasteiger partial charge on any atom is 0.0574 e. The van der Waals surface area contributed by atoms with Gasteiger partial charge < -0.3 is 0 Å². The van der Waals surface area contributed by atoms with E-state index in [2.05, 4.69) is 37.2 Å². The second-order valence-corrected chi connectivity index (χ2v) is 2.52. The molecule has 0 atom stereocenters. The minimum Gasteiger partial charge on any atom is -0.158 e. The van der Waals surface area contributed by atoms with Gasteiger partial charge in [-0.05, 0) is 0 Å². The summed E-state index contributed by atoms with van der Waals surface area (Å²) in [5.41, 5.74) is 1.93. The third-order valence-electron chi connectivity index (χ3n) is 1.23. The summed E-state index contributed by atoms with van der Waals surface area (Å²) in [6.07, 6.45) is 8.02. The van der Waals surface area contributed by atoms with Gasteiger partial charge in [0, 0.05) is 11.1 Å². The highest BCUT2D eigenvalue weighted by Crippen LogP contribution is 2.06. The van der Waals surface area contributed by atoms with Crippen LogP contribution >= 0.6 is 0 Å². The summed E-state index contributed by atoms with van der Waals surface area (Å²) in [5, 5.41) is 7.39.